The van der Waals surface area contributed by atoms with E-state index in [-0.39, 0.29) is 0 Å². The Morgan fingerprint density at radius 1 is 1.24 bits per heavy atom. The van der Waals surface area contributed by atoms with Crippen LogP contribution >= 0.6 is 0 Å². The Labute approximate surface area is 125 Å². The second-order valence-corrected chi connectivity index (χ2v) is 5.89. The van der Waals surface area contributed by atoms with Gasteiger partial charge in [0, 0.05) is 6.04 Å². The van der Waals surface area contributed by atoms with Gasteiger partial charge in [-0.1, -0.05) is 50.3 Å². The van der Waals surface area contributed by atoms with Gasteiger partial charge in [0.15, 0.2) is 0 Å². The molecule has 1 aliphatic rings. The normalized spacial score (nSPS) is 19.0. The predicted octanol–water partition coefficient (Wildman–Crippen LogP) is 1.55. The zero-order valence-corrected chi connectivity index (χ0v) is 12.3. The maximum absolute atomic E-state index is 12.2. The Kier molecular flexibility index (Phi) is 5.73. The average molecular weight is 291 g/mol. The first-order valence-corrected chi connectivity index (χ1v) is 7.67. The number of para-hydroxylation sites is 1. The van der Waals surface area contributed by atoms with Gasteiger partial charge in [-0.25, -0.2) is 10.9 Å². The number of aliphatic hydroxyl groups is 1. The Balaban J connectivity index is 1.91. The summed E-state index contributed by atoms with van der Waals surface area (Å²) < 4.78 is 0. The molecule has 0 aliphatic heterocycles. The summed E-state index contributed by atoms with van der Waals surface area (Å²) in [6.07, 6.45) is 5.41. The van der Waals surface area contributed by atoms with E-state index in [0.29, 0.717) is 18.0 Å². The molecular formula is C16H25N3O2. The molecule has 0 saturated heterocycles. The fourth-order valence-electron chi connectivity index (χ4n) is 2.98. The number of aliphatic hydroxyl groups excluding tert-OH is 1. The minimum atomic E-state index is -1.25. The third-order valence-electron chi connectivity index (χ3n) is 4.26. The molecule has 0 radical (unpaired) electrons. The fourth-order valence-corrected chi connectivity index (χ4v) is 2.98. The van der Waals surface area contributed by atoms with E-state index in [0.717, 1.165) is 17.9 Å². The monoisotopic (exact) mass is 291 g/mol. The van der Waals surface area contributed by atoms with Gasteiger partial charge in [-0.3, -0.25) is 4.79 Å². The van der Waals surface area contributed by atoms with Crippen molar-refractivity contribution in [2.75, 3.05) is 5.01 Å². The SMILES string of the molecule is N[C@H](CC1CCCCC1)C(O)C(=O)N(N)c1ccccc1. The lowest BCUT2D eigenvalue weighted by molar-refractivity contribution is -0.127. The van der Waals surface area contributed by atoms with E-state index in [4.69, 9.17) is 11.6 Å². The van der Waals surface area contributed by atoms with Crippen molar-refractivity contribution in [3.05, 3.63) is 30.3 Å². The lowest BCUT2D eigenvalue weighted by Gasteiger charge is -2.28. The molecular weight excluding hydrogens is 266 g/mol. The van der Waals surface area contributed by atoms with Gasteiger partial charge in [0.05, 0.1) is 5.69 Å². The molecule has 21 heavy (non-hydrogen) atoms. The van der Waals surface area contributed by atoms with Crippen LogP contribution in [0.3, 0.4) is 0 Å². The Hall–Kier alpha value is -1.43. The smallest absolute Gasteiger partial charge is 0.271 e. The van der Waals surface area contributed by atoms with Gasteiger partial charge in [0.2, 0.25) is 0 Å². The first-order chi connectivity index (χ1) is 10.1. The second-order valence-electron chi connectivity index (χ2n) is 5.89. The van der Waals surface area contributed by atoms with E-state index >= 15 is 0 Å². The Morgan fingerprint density at radius 2 is 1.86 bits per heavy atom. The van der Waals surface area contributed by atoms with E-state index in [1.807, 2.05) is 6.07 Å². The van der Waals surface area contributed by atoms with Crippen LogP contribution in [0.15, 0.2) is 30.3 Å². The van der Waals surface area contributed by atoms with E-state index in [1.54, 1.807) is 24.3 Å². The van der Waals surface area contributed by atoms with E-state index < -0.39 is 18.1 Å². The van der Waals surface area contributed by atoms with Crippen LogP contribution in [0.5, 0.6) is 0 Å². The highest BCUT2D eigenvalue weighted by Crippen LogP contribution is 2.27. The molecule has 5 N–H and O–H groups in total. The van der Waals surface area contributed by atoms with E-state index in [9.17, 15) is 9.90 Å². The molecule has 2 atom stereocenters. The summed E-state index contributed by atoms with van der Waals surface area (Å²) in [5.41, 5.74) is 6.56. The molecule has 0 spiro atoms. The number of carbonyl (C=O) groups is 1. The number of rotatable bonds is 5. The average Bonchev–Trinajstić information content (AvgIpc) is 2.54. The number of nitrogens with zero attached hydrogens (tertiary/aromatic N) is 1. The van der Waals surface area contributed by atoms with Gasteiger partial charge >= 0.3 is 0 Å². The number of amides is 1. The number of carbonyl (C=O) groups excluding carboxylic acids is 1. The predicted molar refractivity (Wildman–Crippen MR) is 83.3 cm³/mol. The topological polar surface area (TPSA) is 92.6 Å². The van der Waals surface area contributed by atoms with Crippen molar-refractivity contribution in [1.29, 1.82) is 0 Å². The number of benzene rings is 1. The summed E-state index contributed by atoms with van der Waals surface area (Å²) in [6.45, 7) is 0. The van der Waals surface area contributed by atoms with Gasteiger partial charge in [-0.2, -0.15) is 0 Å². The summed E-state index contributed by atoms with van der Waals surface area (Å²) in [4.78, 5) is 12.2. The lowest BCUT2D eigenvalue weighted by Crippen LogP contribution is -2.51. The highest BCUT2D eigenvalue weighted by atomic mass is 16.3. The molecule has 5 nitrogen and oxygen atoms in total. The van der Waals surface area contributed by atoms with E-state index in [1.165, 1.54) is 19.3 Å². The molecule has 1 aromatic carbocycles. The summed E-state index contributed by atoms with van der Waals surface area (Å²) in [7, 11) is 0. The molecule has 5 heteroatoms. The molecule has 2 rings (SSSR count). The number of hydrazine groups is 1. The number of anilines is 1. The third-order valence-corrected chi connectivity index (χ3v) is 4.26. The molecule has 1 aromatic rings. The zero-order valence-electron chi connectivity index (χ0n) is 12.3. The molecule has 116 valence electrons. The van der Waals surface area contributed by atoms with Crippen LogP contribution in [0.1, 0.15) is 38.5 Å². The quantitative estimate of drug-likeness (QED) is 0.436. The summed E-state index contributed by atoms with van der Waals surface area (Å²) in [5.74, 6) is 5.74. The van der Waals surface area contributed by atoms with Crippen LogP contribution in [-0.2, 0) is 4.79 Å². The van der Waals surface area contributed by atoms with Gasteiger partial charge in [0.1, 0.15) is 6.10 Å². The second kappa shape index (κ2) is 7.54. The molecule has 1 amide bonds. The van der Waals surface area contributed by atoms with Gasteiger partial charge in [0.25, 0.3) is 5.91 Å². The third kappa shape index (κ3) is 4.27. The highest BCUT2D eigenvalue weighted by Gasteiger charge is 2.29. The van der Waals surface area contributed by atoms with Crippen LogP contribution < -0.4 is 16.6 Å². The van der Waals surface area contributed by atoms with E-state index in [2.05, 4.69) is 0 Å². The van der Waals surface area contributed by atoms with Crippen molar-refractivity contribution in [1.82, 2.24) is 0 Å². The highest BCUT2D eigenvalue weighted by molar-refractivity contribution is 5.95. The summed E-state index contributed by atoms with van der Waals surface area (Å²) in [6, 6.07) is 8.30. The fraction of sp³-hybridized carbons (Fsp3) is 0.562. The minimum absolute atomic E-state index is 0.513. The lowest BCUT2D eigenvalue weighted by atomic mass is 9.84. The van der Waals surface area contributed by atoms with Crippen molar-refractivity contribution in [3.63, 3.8) is 0 Å². The van der Waals surface area contributed by atoms with Crippen molar-refractivity contribution in [2.24, 2.45) is 17.5 Å². The van der Waals surface area contributed by atoms with Crippen molar-refractivity contribution >= 4 is 11.6 Å². The first-order valence-electron chi connectivity index (χ1n) is 7.67. The van der Waals surface area contributed by atoms with Gasteiger partial charge < -0.3 is 10.8 Å². The van der Waals surface area contributed by atoms with Gasteiger partial charge in [-0.15, -0.1) is 0 Å². The maximum atomic E-state index is 12.2. The molecule has 0 aromatic heterocycles. The molecule has 1 saturated carbocycles. The van der Waals surface area contributed by atoms with Crippen LogP contribution in [0, 0.1) is 5.92 Å². The largest absolute Gasteiger partial charge is 0.382 e. The molecule has 0 heterocycles. The molecule has 1 fully saturated rings. The van der Waals surface area contributed by atoms with Crippen LogP contribution in [0.25, 0.3) is 0 Å². The van der Waals surface area contributed by atoms with Crippen LogP contribution in [-0.4, -0.2) is 23.2 Å². The standard InChI is InChI=1S/C16H25N3O2/c17-14(11-12-7-3-1-4-8-12)15(20)16(21)19(18)13-9-5-2-6-10-13/h2,5-6,9-10,12,14-15,20H,1,3-4,7-8,11,17-18H2/t14-,15?/m1/s1. The van der Waals surface area contributed by atoms with Crippen LogP contribution in [0.2, 0.25) is 0 Å². The van der Waals surface area contributed by atoms with Crippen molar-refractivity contribution in [3.8, 4) is 0 Å². The van der Waals surface area contributed by atoms with Crippen molar-refractivity contribution < 1.29 is 9.90 Å². The number of hydrogen-bond donors (Lipinski definition) is 3. The molecule has 1 unspecified atom stereocenters. The Morgan fingerprint density at radius 3 is 2.48 bits per heavy atom. The first kappa shape index (κ1) is 15.9. The maximum Gasteiger partial charge on any atom is 0.271 e. The Bertz CT molecular complexity index is 446. The van der Waals surface area contributed by atoms with Gasteiger partial charge in [-0.05, 0) is 24.5 Å². The summed E-state index contributed by atoms with van der Waals surface area (Å²) in [5, 5.41) is 11.1. The molecule has 1 aliphatic carbocycles. The minimum Gasteiger partial charge on any atom is -0.382 e. The van der Waals surface area contributed by atoms with Crippen molar-refractivity contribution in [2.45, 2.75) is 50.7 Å². The van der Waals surface area contributed by atoms with Crippen LogP contribution in [0.4, 0.5) is 5.69 Å². The number of nitrogens with two attached hydrogens (primary N) is 2. The zero-order chi connectivity index (χ0) is 15.2. The number of hydrogen-bond acceptors (Lipinski definition) is 4. The molecule has 0 bridgehead atoms. The summed E-state index contributed by atoms with van der Waals surface area (Å²) >= 11 is 0.